The number of ether oxygens (including phenoxy) is 2. The second-order valence-corrected chi connectivity index (χ2v) is 11.9. The summed E-state index contributed by atoms with van der Waals surface area (Å²) in [5.74, 6) is -1.04. The van der Waals surface area contributed by atoms with Crippen molar-refractivity contribution in [2.45, 2.75) is 50.4 Å². The van der Waals surface area contributed by atoms with Gasteiger partial charge in [0.25, 0.3) is 0 Å². The quantitative estimate of drug-likeness (QED) is 0.243. The molecule has 1 fully saturated rings. The lowest BCUT2D eigenvalue weighted by molar-refractivity contribution is -0.132. The van der Waals surface area contributed by atoms with Crippen LogP contribution in [0.5, 0.6) is 5.75 Å². The minimum absolute atomic E-state index is 0.0237. The topological polar surface area (TPSA) is 71.1 Å². The number of anilines is 1. The summed E-state index contributed by atoms with van der Waals surface area (Å²) in [7, 11) is 1.67. The number of halogens is 5. The summed E-state index contributed by atoms with van der Waals surface area (Å²) in [5.41, 5.74) is 1.71. The lowest BCUT2D eigenvalue weighted by atomic mass is 9.82. The van der Waals surface area contributed by atoms with Crippen molar-refractivity contribution in [1.29, 1.82) is 0 Å². The second kappa shape index (κ2) is 13.7. The van der Waals surface area contributed by atoms with E-state index in [9.17, 15) is 22.8 Å². The molecule has 7 nitrogen and oxygen atoms in total. The number of hydrogen-bond acceptors (Lipinski definition) is 5. The molecule has 2 aliphatic heterocycles. The third kappa shape index (κ3) is 7.42. The number of carbonyl (C=O) groups is 2. The number of rotatable bonds is 10. The van der Waals surface area contributed by atoms with E-state index in [2.05, 4.69) is 15.0 Å². The summed E-state index contributed by atoms with van der Waals surface area (Å²) in [6, 6.07) is 15.7. The maximum Gasteiger partial charge on any atom is 0.412 e. The van der Waals surface area contributed by atoms with E-state index in [0.717, 1.165) is 5.56 Å². The van der Waals surface area contributed by atoms with E-state index in [1.807, 2.05) is 0 Å². The van der Waals surface area contributed by atoms with Gasteiger partial charge >= 0.3 is 12.7 Å². The Morgan fingerprint density at radius 3 is 2.59 bits per heavy atom. The van der Waals surface area contributed by atoms with Crippen LogP contribution in [0.4, 0.5) is 23.7 Å². The molecule has 2 aliphatic rings. The monoisotopic (exact) mass is 649 g/mol. The Kier molecular flexibility index (Phi) is 9.92. The molecule has 1 spiro atoms. The second-order valence-electron chi connectivity index (χ2n) is 11.1. The standard InChI is InChI=1S/C32H32Cl2F3N3O4/c1-39(19-20-4-2-5-23(16-20)43-30(36)37)29(41)24(21-7-9-26(33)27(34)17-21)6-3-13-40-14-11-32(12-15-40)25-18-22(35)8-10-28(25)38-31(42)44-32/h2,4-5,7-10,16-18,24,30H,3,6,11-15,19H2,1H3,(H,38,42). The van der Waals surface area contributed by atoms with Gasteiger partial charge in [0.1, 0.15) is 17.2 Å². The summed E-state index contributed by atoms with van der Waals surface area (Å²) in [5, 5.41) is 3.38. The number of likely N-dealkylation sites (tertiary alicyclic amines) is 1. The van der Waals surface area contributed by atoms with Crippen LogP contribution in [0.3, 0.4) is 0 Å². The molecule has 234 valence electrons. The highest BCUT2D eigenvalue weighted by Crippen LogP contribution is 2.44. The van der Waals surface area contributed by atoms with Gasteiger partial charge in [-0.25, -0.2) is 9.18 Å². The Labute approximate surface area is 263 Å². The SMILES string of the molecule is CN(Cc1cccc(OC(F)F)c1)C(=O)C(CCCN1CCC2(CC1)OC(=O)Nc1ccc(F)cc12)c1ccc(Cl)c(Cl)c1. The fourth-order valence-electron chi connectivity index (χ4n) is 6.00. The molecule has 0 aromatic heterocycles. The first-order chi connectivity index (χ1) is 21.0. The highest BCUT2D eigenvalue weighted by Gasteiger charge is 2.44. The smallest absolute Gasteiger partial charge is 0.412 e. The normalized spacial score (nSPS) is 16.7. The van der Waals surface area contributed by atoms with Gasteiger partial charge in [-0.3, -0.25) is 10.1 Å². The van der Waals surface area contributed by atoms with Crippen molar-refractivity contribution in [2.24, 2.45) is 0 Å². The number of likely N-dealkylation sites (N-methyl/N-ethyl adjacent to an activating group) is 1. The Hall–Kier alpha value is -3.47. The van der Waals surface area contributed by atoms with Crippen molar-refractivity contribution in [3.8, 4) is 5.75 Å². The molecular weight excluding hydrogens is 618 g/mol. The number of benzene rings is 3. The van der Waals surface area contributed by atoms with Gasteiger partial charge in [-0.2, -0.15) is 8.78 Å². The molecule has 1 N–H and O–H groups in total. The van der Waals surface area contributed by atoms with Gasteiger partial charge in [0.05, 0.1) is 21.7 Å². The van der Waals surface area contributed by atoms with Crippen molar-refractivity contribution in [2.75, 3.05) is 32.0 Å². The average Bonchev–Trinajstić information content (AvgIpc) is 2.98. The molecule has 12 heteroatoms. The first-order valence-electron chi connectivity index (χ1n) is 14.3. The minimum atomic E-state index is -2.94. The van der Waals surface area contributed by atoms with Gasteiger partial charge in [-0.15, -0.1) is 0 Å². The molecule has 0 saturated carbocycles. The van der Waals surface area contributed by atoms with Crippen molar-refractivity contribution in [1.82, 2.24) is 9.80 Å². The number of amides is 2. The lowest BCUT2D eigenvalue weighted by Gasteiger charge is -2.44. The van der Waals surface area contributed by atoms with Crippen molar-refractivity contribution in [3.63, 3.8) is 0 Å². The fourth-order valence-corrected chi connectivity index (χ4v) is 6.30. The van der Waals surface area contributed by atoms with Gasteiger partial charge in [0, 0.05) is 45.1 Å². The van der Waals surface area contributed by atoms with Crippen molar-refractivity contribution < 1.29 is 32.2 Å². The Bertz CT molecular complexity index is 1520. The van der Waals surface area contributed by atoms with E-state index in [-0.39, 0.29) is 24.0 Å². The number of fused-ring (bicyclic) bond motifs is 2. The molecule has 2 heterocycles. The number of piperidine rings is 1. The fraction of sp³-hybridized carbons (Fsp3) is 0.375. The van der Waals surface area contributed by atoms with Crippen LogP contribution < -0.4 is 10.1 Å². The van der Waals surface area contributed by atoms with E-state index in [1.165, 1.54) is 24.3 Å². The lowest BCUT2D eigenvalue weighted by Crippen LogP contribution is -2.48. The predicted molar refractivity (Wildman–Crippen MR) is 162 cm³/mol. The molecular formula is C32H32Cl2F3N3O4. The van der Waals surface area contributed by atoms with Crippen LogP contribution in [0.1, 0.15) is 48.3 Å². The summed E-state index contributed by atoms with van der Waals surface area (Å²) in [6.45, 7) is -0.791. The molecule has 1 atom stereocenters. The Morgan fingerprint density at radius 2 is 1.86 bits per heavy atom. The van der Waals surface area contributed by atoms with E-state index < -0.39 is 24.2 Å². The van der Waals surface area contributed by atoms with Crippen LogP contribution in [0, 0.1) is 5.82 Å². The van der Waals surface area contributed by atoms with Gasteiger partial charge in [0.2, 0.25) is 5.91 Å². The first kappa shape index (κ1) is 31.9. The number of carbonyl (C=O) groups excluding carboxylic acids is 2. The molecule has 3 aromatic rings. The highest BCUT2D eigenvalue weighted by molar-refractivity contribution is 6.42. The van der Waals surface area contributed by atoms with Gasteiger partial charge in [-0.1, -0.05) is 41.4 Å². The van der Waals surface area contributed by atoms with E-state index in [1.54, 1.807) is 48.3 Å². The number of hydrogen-bond donors (Lipinski definition) is 1. The minimum Gasteiger partial charge on any atom is -0.438 e. The summed E-state index contributed by atoms with van der Waals surface area (Å²) >= 11 is 12.5. The number of nitrogens with zero attached hydrogens (tertiary/aromatic N) is 2. The maximum absolute atomic E-state index is 14.1. The van der Waals surface area contributed by atoms with Crippen molar-refractivity contribution >= 4 is 40.9 Å². The molecule has 0 bridgehead atoms. The van der Waals surface area contributed by atoms with Crippen molar-refractivity contribution in [3.05, 3.63) is 93.2 Å². The molecule has 0 aliphatic carbocycles. The number of alkyl halides is 2. The van der Waals surface area contributed by atoms with Crippen LogP contribution in [0.15, 0.2) is 60.7 Å². The van der Waals surface area contributed by atoms with Crippen LogP contribution in [0.2, 0.25) is 10.0 Å². The van der Waals surface area contributed by atoms with Crippen LogP contribution in [0.25, 0.3) is 0 Å². The predicted octanol–water partition coefficient (Wildman–Crippen LogP) is 7.81. The summed E-state index contributed by atoms with van der Waals surface area (Å²) < 4.78 is 49.7. The summed E-state index contributed by atoms with van der Waals surface area (Å²) in [6.07, 6.45) is 1.69. The molecule has 1 saturated heterocycles. The molecule has 3 aromatic carbocycles. The Morgan fingerprint density at radius 1 is 1.09 bits per heavy atom. The van der Waals surface area contributed by atoms with Crippen LogP contribution in [-0.2, 0) is 21.7 Å². The zero-order chi connectivity index (χ0) is 31.4. The molecule has 1 unspecified atom stereocenters. The van der Waals surface area contributed by atoms with Gasteiger partial charge in [-0.05, 0) is 73.0 Å². The van der Waals surface area contributed by atoms with Crippen LogP contribution >= 0.6 is 23.2 Å². The summed E-state index contributed by atoms with van der Waals surface area (Å²) in [4.78, 5) is 29.8. The van der Waals surface area contributed by atoms with Gasteiger partial charge in [0.15, 0.2) is 0 Å². The largest absolute Gasteiger partial charge is 0.438 e. The van der Waals surface area contributed by atoms with Gasteiger partial charge < -0.3 is 19.3 Å². The zero-order valence-electron chi connectivity index (χ0n) is 24.0. The van der Waals surface area contributed by atoms with Crippen LogP contribution in [-0.4, -0.2) is 55.1 Å². The molecule has 0 radical (unpaired) electrons. The van der Waals surface area contributed by atoms with E-state index >= 15 is 0 Å². The zero-order valence-corrected chi connectivity index (χ0v) is 25.5. The molecule has 2 amide bonds. The molecule has 44 heavy (non-hydrogen) atoms. The van der Waals surface area contributed by atoms with E-state index in [0.29, 0.717) is 72.2 Å². The Balaban J connectivity index is 1.24. The first-order valence-corrected chi connectivity index (χ1v) is 15.0. The average molecular weight is 651 g/mol. The van der Waals surface area contributed by atoms with E-state index in [4.69, 9.17) is 27.9 Å². The molecule has 5 rings (SSSR count). The number of nitrogens with one attached hydrogen (secondary N) is 1. The maximum atomic E-state index is 14.1. The third-order valence-corrected chi connectivity index (χ3v) is 8.93. The third-order valence-electron chi connectivity index (χ3n) is 8.19. The highest BCUT2D eigenvalue weighted by atomic mass is 35.5.